The molecule has 2 N–H and O–H groups in total. The number of carbonyl (C=O) groups is 1. The average molecular weight is 295 g/mol. The molecule has 0 unspecified atom stereocenters. The summed E-state index contributed by atoms with van der Waals surface area (Å²) in [5, 5.41) is 23.3. The van der Waals surface area contributed by atoms with Crippen molar-refractivity contribution in [3.8, 4) is 16.8 Å². The molecule has 1 aromatic heterocycles. The first-order chi connectivity index (χ1) is 10.7. The van der Waals surface area contributed by atoms with Crippen molar-refractivity contribution in [3.63, 3.8) is 0 Å². The van der Waals surface area contributed by atoms with Gasteiger partial charge in [0, 0.05) is 12.7 Å². The molecule has 0 aliphatic carbocycles. The number of aromatic carboxylic acids is 1. The zero-order valence-electron chi connectivity index (χ0n) is 11.8. The summed E-state index contributed by atoms with van der Waals surface area (Å²) in [4.78, 5) is 11.4. The number of carboxylic acid groups (broad SMARTS) is 1. The van der Waals surface area contributed by atoms with Gasteiger partial charge in [0.1, 0.15) is 6.33 Å². The van der Waals surface area contributed by atoms with Crippen molar-refractivity contribution in [1.29, 1.82) is 0 Å². The maximum atomic E-state index is 11.4. The van der Waals surface area contributed by atoms with E-state index in [2.05, 4.69) is 20.8 Å². The summed E-state index contributed by atoms with van der Waals surface area (Å²) < 4.78 is 1.43. The van der Waals surface area contributed by atoms with Gasteiger partial charge >= 0.3 is 5.97 Å². The lowest BCUT2D eigenvalue weighted by molar-refractivity contribution is 0.0697. The van der Waals surface area contributed by atoms with Crippen molar-refractivity contribution >= 4 is 11.7 Å². The van der Waals surface area contributed by atoms with Gasteiger partial charge in [-0.3, -0.25) is 0 Å². The summed E-state index contributed by atoms with van der Waals surface area (Å²) in [5.41, 5.74) is 3.40. The van der Waals surface area contributed by atoms with Crippen molar-refractivity contribution in [2.24, 2.45) is 0 Å². The van der Waals surface area contributed by atoms with Gasteiger partial charge in [0.15, 0.2) is 0 Å². The minimum absolute atomic E-state index is 0.179. The number of hydrogen-bond acceptors (Lipinski definition) is 5. The number of benzene rings is 2. The molecule has 0 fully saturated rings. The van der Waals surface area contributed by atoms with Crippen LogP contribution in [0.1, 0.15) is 10.4 Å². The molecule has 0 spiro atoms. The van der Waals surface area contributed by atoms with Gasteiger partial charge in [-0.1, -0.05) is 12.1 Å². The molecule has 3 aromatic rings. The molecule has 1 heterocycles. The Morgan fingerprint density at radius 1 is 1.18 bits per heavy atom. The highest BCUT2D eigenvalue weighted by atomic mass is 16.4. The number of nitrogens with one attached hydrogen (secondary N) is 1. The van der Waals surface area contributed by atoms with Crippen LogP contribution in [0.2, 0.25) is 0 Å². The average Bonchev–Trinajstić information content (AvgIpc) is 3.09. The van der Waals surface area contributed by atoms with Crippen LogP contribution < -0.4 is 5.32 Å². The molecule has 7 heteroatoms. The fraction of sp³-hybridized carbons (Fsp3) is 0.0667. The lowest BCUT2D eigenvalue weighted by Gasteiger charge is -2.09. The van der Waals surface area contributed by atoms with Gasteiger partial charge in [0.25, 0.3) is 0 Å². The lowest BCUT2D eigenvalue weighted by atomic mass is 10.0. The Morgan fingerprint density at radius 3 is 2.73 bits per heavy atom. The van der Waals surface area contributed by atoms with E-state index in [9.17, 15) is 9.90 Å². The van der Waals surface area contributed by atoms with Gasteiger partial charge in [-0.2, -0.15) is 0 Å². The van der Waals surface area contributed by atoms with Crippen molar-refractivity contribution < 1.29 is 9.90 Å². The third kappa shape index (κ3) is 2.64. The van der Waals surface area contributed by atoms with Crippen LogP contribution in [-0.4, -0.2) is 38.3 Å². The fourth-order valence-electron chi connectivity index (χ4n) is 2.17. The van der Waals surface area contributed by atoms with E-state index < -0.39 is 5.97 Å². The third-order valence-electron chi connectivity index (χ3n) is 3.26. The summed E-state index contributed by atoms with van der Waals surface area (Å²) in [6.07, 6.45) is 1.43. The minimum Gasteiger partial charge on any atom is -0.478 e. The molecule has 0 atom stereocenters. The van der Waals surface area contributed by atoms with Crippen molar-refractivity contribution in [1.82, 2.24) is 20.2 Å². The first-order valence-electron chi connectivity index (χ1n) is 6.57. The third-order valence-corrected chi connectivity index (χ3v) is 3.26. The summed E-state index contributed by atoms with van der Waals surface area (Å²) >= 11 is 0. The lowest BCUT2D eigenvalue weighted by Crippen LogP contribution is -2.02. The second-order valence-electron chi connectivity index (χ2n) is 4.66. The summed E-state index contributed by atoms with van der Waals surface area (Å²) in [6.45, 7) is 0. The Hall–Kier alpha value is -3.22. The largest absolute Gasteiger partial charge is 0.478 e. The number of hydrogen-bond donors (Lipinski definition) is 2. The smallest absolute Gasteiger partial charge is 0.335 e. The summed E-state index contributed by atoms with van der Waals surface area (Å²) in [7, 11) is 1.83. The number of carboxylic acids is 1. The number of anilines is 1. The van der Waals surface area contributed by atoms with Gasteiger partial charge in [-0.25, -0.2) is 9.48 Å². The maximum absolute atomic E-state index is 11.4. The van der Waals surface area contributed by atoms with E-state index in [0.29, 0.717) is 5.69 Å². The molecule has 0 saturated heterocycles. The van der Waals surface area contributed by atoms with Crippen LogP contribution in [0, 0.1) is 0 Å². The Balaban J connectivity index is 2.16. The first-order valence-corrected chi connectivity index (χ1v) is 6.57. The molecule has 7 nitrogen and oxygen atoms in total. The molecule has 0 saturated carbocycles. The SMILES string of the molecule is CNc1cccc(-c2cc(C(=O)O)cc(-n3cnnn3)c2)c1. The van der Waals surface area contributed by atoms with E-state index in [1.54, 1.807) is 6.07 Å². The fourth-order valence-corrected chi connectivity index (χ4v) is 2.17. The van der Waals surface area contributed by atoms with Gasteiger partial charge < -0.3 is 10.4 Å². The molecule has 0 bridgehead atoms. The second-order valence-corrected chi connectivity index (χ2v) is 4.66. The zero-order chi connectivity index (χ0) is 15.5. The van der Waals surface area contributed by atoms with Crippen molar-refractivity contribution in [2.45, 2.75) is 0 Å². The zero-order valence-corrected chi connectivity index (χ0v) is 11.8. The van der Waals surface area contributed by atoms with Crippen LogP contribution >= 0.6 is 0 Å². The molecule has 2 aromatic carbocycles. The van der Waals surface area contributed by atoms with E-state index in [-0.39, 0.29) is 5.56 Å². The van der Waals surface area contributed by atoms with Crippen LogP contribution in [-0.2, 0) is 0 Å². The van der Waals surface area contributed by atoms with E-state index in [4.69, 9.17) is 0 Å². The standard InChI is InChI=1S/C15H13N5O2/c1-16-13-4-2-3-10(6-13)11-5-12(15(21)22)8-14(7-11)20-9-17-18-19-20/h2-9,16H,1H3,(H,21,22). The monoisotopic (exact) mass is 295 g/mol. The highest BCUT2D eigenvalue weighted by Crippen LogP contribution is 2.26. The Labute approximate surface area is 126 Å². The van der Waals surface area contributed by atoms with Crippen LogP contribution in [0.5, 0.6) is 0 Å². The first kappa shape index (κ1) is 13.7. The highest BCUT2D eigenvalue weighted by Gasteiger charge is 2.10. The minimum atomic E-state index is -0.999. The maximum Gasteiger partial charge on any atom is 0.335 e. The Morgan fingerprint density at radius 2 is 2.05 bits per heavy atom. The van der Waals surface area contributed by atoms with Crippen molar-refractivity contribution in [3.05, 3.63) is 54.4 Å². The predicted octanol–water partition coefficient (Wildman–Crippen LogP) is 2.07. The molecule has 0 radical (unpaired) electrons. The van der Waals surface area contributed by atoms with Crippen LogP contribution in [0.4, 0.5) is 5.69 Å². The quantitative estimate of drug-likeness (QED) is 0.765. The molecule has 0 aliphatic heterocycles. The van der Waals surface area contributed by atoms with Gasteiger partial charge in [0.2, 0.25) is 0 Å². The highest BCUT2D eigenvalue weighted by molar-refractivity contribution is 5.90. The normalized spacial score (nSPS) is 10.4. The van der Waals surface area contributed by atoms with Gasteiger partial charge in [0.05, 0.1) is 11.3 Å². The van der Waals surface area contributed by atoms with E-state index >= 15 is 0 Å². The van der Waals surface area contributed by atoms with E-state index in [1.807, 2.05) is 37.4 Å². The van der Waals surface area contributed by atoms with Gasteiger partial charge in [-0.05, 0) is 51.9 Å². The predicted molar refractivity (Wildman–Crippen MR) is 81.1 cm³/mol. The van der Waals surface area contributed by atoms with Crippen LogP contribution in [0.15, 0.2) is 48.8 Å². The summed E-state index contributed by atoms with van der Waals surface area (Å²) in [6, 6.07) is 12.7. The number of tetrazole rings is 1. The molecule has 0 aliphatic rings. The Bertz CT molecular complexity index is 815. The van der Waals surface area contributed by atoms with Gasteiger partial charge in [-0.15, -0.1) is 5.10 Å². The molecule has 110 valence electrons. The number of nitrogens with zero attached hydrogens (tertiary/aromatic N) is 4. The Kier molecular flexibility index (Phi) is 3.53. The van der Waals surface area contributed by atoms with E-state index in [1.165, 1.54) is 17.1 Å². The second kappa shape index (κ2) is 5.65. The molecule has 22 heavy (non-hydrogen) atoms. The van der Waals surface area contributed by atoms with Crippen LogP contribution in [0.25, 0.3) is 16.8 Å². The topological polar surface area (TPSA) is 92.9 Å². The number of rotatable bonds is 4. The summed E-state index contributed by atoms with van der Waals surface area (Å²) in [5.74, 6) is -0.999. The number of aromatic nitrogens is 4. The van der Waals surface area contributed by atoms with Crippen LogP contribution in [0.3, 0.4) is 0 Å². The molecular weight excluding hydrogens is 282 g/mol. The molecular formula is C15H13N5O2. The molecule has 3 rings (SSSR count). The van der Waals surface area contributed by atoms with E-state index in [0.717, 1.165) is 16.8 Å². The molecule has 0 amide bonds. The van der Waals surface area contributed by atoms with Crippen molar-refractivity contribution in [2.75, 3.05) is 12.4 Å².